The molecule has 0 bridgehead atoms. The summed E-state index contributed by atoms with van der Waals surface area (Å²) in [6.07, 6.45) is 0. The quantitative estimate of drug-likeness (QED) is 0.743. The van der Waals surface area contributed by atoms with Gasteiger partial charge in [0.2, 0.25) is 11.8 Å². The first-order valence-corrected chi connectivity index (χ1v) is 7.12. The van der Waals surface area contributed by atoms with Gasteiger partial charge in [-0.2, -0.15) is 10.1 Å². The number of ether oxygens (including phenoxy) is 1. The molecule has 0 aliphatic carbocycles. The maximum atomic E-state index is 13.1. The summed E-state index contributed by atoms with van der Waals surface area (Å²) in [5, 5.41) is 4.46. The van der Waals surface area contributed by atoms with Crippen LogP contribution < -0.4 is 10.5 Å². The van der Waals surface area contributed by atoms with Crippen LogP contribution in [0.4, 0.5) is 10.1 Å². The summed E-state index contributed by atoms with van der Waals surface area (Å²) in [6.45, 7) is 3.50. The number of anilines is 1. The highest BCUT2D eigenvalue weighted by atomic mass is 35.5. The van der Waals surface area contributed by atoms with Crippen molar-refractivity contribution in [2.75, 3.05) is 5.73 Å². The second-order valence-electron chi connectivity index (χ2n) is 4.89. The van der Waals surface area contributed by atoms with Crippen molar-refractivity contribution in [2.45, 2.75) is 13.8 Å². The van der Waals surface area contributed by atoms with Crippen LogP contribution in [0.3, 0.4) is 0 Å². The molecule has 0 aliphatic heterocycles. The fraction of sp³-hybridized carbons (Fsp3) is 0.133. The summed E-state index contributed by atoms with van der Waals surface area (Å²) >= 11 is 5.94. The minimum atomic E-state index is -0.331. The van der Waals surface area contributed by atoms with Crippen LogP contribution in [0.1, 0.15) is 11.5 Å². The Bertz CT molecular complexity index is 863. The topological polar surface area (TPSA) is 78.9 Å². The number of aromatic nitrogens is 4. The predicted octanol–water partition coefficient (Wildman–Crippen LogP) is 3.45. The monoisotopic (exact) mass is 333 g/mol. The lowest BCUT2D eigenvalue weighted by atomic mass is 10.3. The number of aryl methyl sites for hydroxylation is 2. The number of halogens is 2. The molecule has 0 spiro atoms. The van der Waals surface area contributed by atoms with Crippen molar-refractivity contribution in [3.63, 3.8) is 0 Å². The molecule has 2 N–H and O–H groups in total. The van der Waals surface area contributed by atoms with Gasteiger partial charge in [-0.3, -0.25) is 0 Å². The molecular weight excluding hydrogens is 321 g/mol. The molecule has 3 aromatic rings. The number of nitrogens with two attached hydrogens (primary N) is 1. The van der Waals surface area contributed by atoms with Crippen molar-refractivity contribution in [1.29, 1.82) is 0 Å². The van der Waals surface area contributed by atoms with E-state index in [0.29, 0.717) is 17.4 Å². The standard InChI is InChI=1S/C15H13ClFN5O/c1-8-7-12(22(21-8)11-5-3-10(17)4-6-11)23-15-13(18)14(16)19-9(2)20-15/h3-7H,18H2,1-2H3. The average molecular weight is 334 g/mol. The molecule has 0 atom stereocenters. The molecule has 6 nitrogen and oxygen atoms in total. The Hall–Kier alpha value is -2.67. The Labute approximate surface area is 136 Å². The van der Waals surface area contributed by atoms with Crippen LogP contribution >= 0.6 is 11.6 Å². The van der Waals surface area contributed by atoms with E-state index in [-0.39, 0.29) is 22.5 Å². The van der Waals surface area contributed by atoms with E-state index in [2.05, 4.69) is 15.1 Å². The van der Waals surface area contributed by atoms with E-state index in [4.69, 9.17) is 22.1 Å². The molecule has 0 fully saturated rings. The molecule has 0 saturated heterocycles. The van der Waals surface area contributed by atoms with E-state index in [1.54, 1.807) is 25.1 Å². The molecule has 23 heavy (non-hydrogen) atoms. The van der Waals surface area contributed by atoms with Crippen molar-refractivity contribution in [3.05, 3.63) is 52.8 Å². The average Bonchev–Trinajstić information content (AvgIpc) is 2.86. The van der Waals surface area contributed by atoms with Gasteiger partial charge >= 0.3 is 0 Å². The molecule has 118 valence electrons. The lowest BCUT2D eigenvalue weighted by Gasteiger charge is -2.10. The zero-order valence-corrected chi connectivity index (χ0v) is 13.2. The second-order valence-corrected chi connectivity index (χ2v) is 5.25. The van der Waals surface area contributed by atoms with E-state index < -0.39 is 0 Å². The molecular formula is C15H13ClFN5O. The van der Waals surface area contributed by atoms with Crippen molar-refractivity contribution >= 4 is 17.3 Å². The van der Waals surface area contributed by atoms with Gasteiger partial charge in [0.1, 0.15) is 17.3 Å². The Morgan fingerprint density at radius 1 is 1.17 bits per heavy atom. The minimum Gasteiger partial charge on any atom is -0.418 e. The number of nitrogens with zero attached hydrogens (tertiary/aromatic N) is 4. The van der Waals surface area contributed by atoms with Crippen molar-refractivity contribution in [3.8, 4) is 17.4 Å². The first-order valence-electron chi connectivity index (χ1n) is 6.74. The molecule has 3 rings (SSSR count). The van der Waals surface area contributed by atoms with Gasteiger partial charge in [0, 0.05) is 6.07 Å². The Balaban J connectivity index is 2.03. The zero-order valence-electron chi connectivity index (χ0n) is 12.4. The van der Waals surface area contributed by atoms with E-state index in [0.717, 1.165) is 5.69 Å². The SMILES string of the molecule is Cc1cc(Oc2nc(C)nc(Cl)c2N)n(-c2ccc(F)cc2)n1. The molecule has 0 saturated carbocycles. The minimum absolute atomic E-state index is 0.122. The van der Waals surface area contributed by atoms with Crippen LogP contribution in [0, 0.1) is 19.7 Å². The first kappa shape index (κ1) is 15.2. The summed E-state index contributed by atoms with van der Waals surface area (Å²) in [5.74, 6) is 0.632. The van der Waals surface area contributed by atoms with Gasteiger partial charge in [0.05, 0.1) is 11.4 Å². The molecule has 1 aromatic carbocycles. The lowest BCUT2D eigenvalue weighted by molar-refractivity contribution is 0.428. The van der Waals surface area contributed by atoms with E-state index in [9.17, 15) is 4.39 Å². The van der Waals surface area contributed by atoms with Gasteiger partial charge in [0.15, 0.2) is 5.15 Å². The first-order chi connectivity index (χ1) is 10.9. The number of hydrogen-bond donors (Lipinski definition) is 1. The maximum Gasteiger partial charge on any atom is 0.249 e. The van der Waals surface area contributed by atoms with Crippen LogP contribution in [-0.2, 0) is 0 Å². The van der Waals surface area contributed by atoms with Gasteiger partial charge in [-0.05, 0) is 38.1 Å². The molecule has 0 aliphatic rings. The third kappa shape index (κ3) is 3.09. The summed E-state index contributed by atoms with van der Waals surface area (Å²) < 4.78 is 20.4. The maximum absolute atomic E-state index is 13.1. The molecule has 2 aromatic heterocycles. The number of hydrogen-bond acceptors (Lipinski definition) is 5. The third-order valence-electron chi connectivity index (χ3n) is 3.05. The van der Waals surface area contributed by atoms with Crippen LogP contribution in [0.15, 0.2) is 30.3 Å². The second kappa shape index (κ2) is 5.85. The van der Waals surface area contributed by atoms with Gasteiger partial charge < -0.3 is 10.5 Å². The number of nitrogen functional groups attached to an aromatic ring is 1. The Kier molecular flexibility index (Phi) is 3.87. The van der Waals surface area contributed by atoms with Gasteiger partial charge in [0.25, 0.3) is 0 Å². The highest BCUT2D eigenvalue weighted by molar-refractivity contribution is 6.32. The zero-order chi connectivity index (χ0) is 16.6. The predicted molar refractivity (Wildman–Crippen MR) is 84.5 cm³/mol. The van der Waals surface area contributed by atoms with Crippen LogP contribution in [0.2, 0.25) is 5.15 Å². The van der Waals surface area contributed by atoms with Gasteiger partial charge in [-0.1, -0.05) is 11.6 Å². The highest BCUT2D eigenvalue weighted by Gasteiger charge is 2.15. The summed E-state index contributed by atoms with van der Waals surface area (Å²) in [5.41, 5.74) is 7.36. The molecule has 0 unspecified atom stereocenters. The summed E-state index contributed by atoms with van der Waals surface area (Å²) in [4.78, 5) is 8.10. The summed E-state index contributed by atoms with van der Waals surface area (Å²) in [7, 11) is 0. The van der Waals surface area contributed by atoms with E-state index in [1.807, 2.05) is 6.92 Å². The summed E-state index contributed by atoms with van der Waals surface area (Å²) in [6, 6.07) is 7.59. The normalized spacial score (nSPS) is 10.8. The van der Waals surface area contributed by atoms with Crippen molar-refractivity contribution in [1.82, 2.24) is 19.7 Å². The Morgan fingerprint density at radius 2 is 1.87 bits per heavy atom. The highest BCUT2D eigenvalue weighted by Crippen LogP contribution is 2.31. The molecule has 8 heteroatoms. The largest absolute Gasteiger partial charge is 0.418 e. The number of benzene rings is 1. The van der Waals surface area contributed by atoms with Crippen LogP contribution in [0.25, 0.3) is 5.69 Å². The van der Waals surface area contributed by atoms with E-state index >= 15 is 0 Å². The lowest BCUT2D eigenvalue weighted by Crippen LogP contribution is -2.04. The van der Waals surface area contributed by atoms with Gasteiger partial charge in [-0.25, -0.2) is 14.1 Å². The third-order valence-corrected chi connectivity index (χ3v) is 3.34. The van der Waals surface area contributed by atoms with Gasteiger partial charge in [-0.15, -0.1) is 0 Å². The van der Waals surface area contributed by atoms with Crippen LogP contribution in [0.5, 0.6) is 11.8 Å². The van der Waals surface area contributed by atoms with Crippen LogP contribution in [-0.4, -0.2) is 19.7 Å². The Morgan fingerprint density at radius 3 is 2.57 bits per heavy atom. The molecule has 0 amide bonds. The fourth-order valence-electron chi connectivity index (χ4n) is 2.02. The molecule has 0 radical (unpaired) electrons. The molecule has 2 heterocycles. The smallest absolute Gasteiger partial charge is 0.249 e. The van der Waals surface area contributed by atoms with Crippen molar-refractivity contribution < 1.29 is 9.13 Å². The fourth-order valence-corrected chi connectivity index (χ4v) is 2.22. The van der Waals surface area contributed by atoms with E-state index in [1.165, 1.54) is 16.8 Å². The number of rotatable bonds is 3. The van der Waals surface area contributed by atoms with Crippen molar-refractivity contribution in [2.24, 2.45) is 0 Å².